The van der Waals surface area contributed by atoms with Crippen molar-refractivity contribution in [2.75, 3.05) is 16.8 Å². The van der Waals surface area contributed by atoms with E-state index in [0.29, 0.717) is 11.8 Å². The second-order valence-electron chi connectivity index (χ2n) is 12.2. The maximum absolute atomic E-state index is 6.13. The third kappa shape index (κ3) is 6.94. The summed E-state index contributed by atoms with van der Waals surface area (Å²) in [6.45, 7) is 15.0. The van der Waals surface area contributed by atoms with Crippen molar-refractivity contribution >= 4 is 39.0 Å². The molecule has 0 aliphatic carbocycles. The summed E-state index contributed by atoms with van der Waals surface area (Å²) in [7, 11) is 2.05. The third-order valence-electron chi connectivity index (χ3n) is 8.54. The van der Waals surface area contributed by atoms with Gasteiger partial charge < -0.3 is 18.8 Å². The fourth-order valence-corrected chi connectivity index (χ4v) is 6.30. The summed E-state index contributed by atoms with van der Waals surface area (Å²) in [6.07, 6.45) is 3.93. The minimum Gasteiger partial charge on any atom is -0.514 e. The van der Waals surface area contributed by atoms with Crippen LogP contribution in [-0.2, 0) is 20.1 Å². The molecule has 5 nitrogen and oxygen atoms in total. The molecule has 0 amide bonds. The molecule has 6 heteroatoms. The van der Waals surface area contributed by atoms with Crippen LogP contribution in [0.25, 0.3) is 39.0 Å². The average molecular weight is 824 g/mol. The second kappa shape index (κ2) is 15.7. The van der Waals surface area contributed by atoms with Crippen LogP contribution in [0.2, 0.25) is 0 Å². The molecule has 0 N–H and O–H groups in total. The smallest absolute Gasteiger partial charge is 0.514 e. The van der Waals surface area contributed by atoms with Crippen LogP contribution in [0, 0.1) is 18.8 Å². The monoisotopic (exact) mass is 824 g/mol. The van der Waals surface area contributed by atoms with Crippen LogP contribution in [0.4, 0.5) is 17.1 Å². The molecule has 0 atom stereocenters. The average Bonchev–Trinajstić information content (AvgIpc) is 3.85. The van der Waals surface area contributed by atoms with Gasteiger partial charge in [0.1, 0.15) is 5.58 Å². The van der Waals surface area contributed by atoms with E-state index in [1.54, 1.807) is 0 Å². The number of benzene rings is 5. The van der Waals surface area contributed by atoms with Gasteiger partial charge in [0.05, 0.1) is 5.82 Å². The molecule has 0 saturated carbocycles. The van der Waals surface area contributed by atoms with Crippen LogP contribution in [-0.4, -0.2) is 16.6 Å². The molecule has 0 bridgehead atoms. The van der Waals surface area contributed by atoms with Gasteiger partial charge in [-0.05, 0) is 48.2 Å². The minimum atomic E-state index is 0. The number of imidazole rings is 1. The van der Waals surface area contributed by atoms with Gasteiger partial charge in [-0.1, -0.05) is 101 Å². The van der Waals surface area contributed by atoms with Crippen molar-refractivity contribution in [3.63, 3.8) is 0 Å². The van der Waals surface area contributed by atoms with Crippen molar-refractivity contribution in [3.05, 3.63) is 145 Å². The molecule has 2 aromatic heterocycles. The molecule has 5 aromatic carbocycles. The zero-order valence-electron chi connectivity index (χ0n) is 29.2. The molecular weight excluding hydrogens is 781 g/mol. The molecule has 250 valence electrons. The number of anilines is 3. The van der Waals surface area contributed by atoms with E-state index in [1.165, 1.54) is 22.5 Å². The van der Waals surface area contributed by atoms with Gasteiger partial charge in [-0.2, -0.15) is 24.9 Å². The van der Waals surface area contributed by atoms with E-state index in [9.17, 15) is 0 Å². The summed E-state index contributed by atoms with van der Waals surface area (Å²) < 4.78 is 8.35. The number of hydrogen-bond acceptors (Lipinski definition) is 4. The maximum atomic E-state index is 6.13. The van der Waals surface area contributed by atoms with Crippen LogP contribution in [0.5, 0.6) is 0 Å². The Hall–Kier alpha value is -4.64. The Kier molecular flexibility index (Phi) is 11.4. The normalized spacial score (nSPS) is 12.0. The van der Waals surface area contributed by atoms with Crippen molar-refractivity contribution in [1.82, 2.24) is 9.55 Å². The van der Waals surface area contributed by atoms with E-state index in [-0.39, 0.29) is 20.1 Å². The molecule has 1 aliphatic heterocycles. The quantitative estimate of drug-likeness (QED) is 0.162. The first-order valence-corrected chi connectivity index (χ1v) is 16.8. The molecule has 0 unspecified atom stereocenters. The van der Waals surface area contributed by atoms with Gasteiger partial charge >= 0.3 is 20.1 Å². The predicted octanol–water partition coefficient (Wildman–Crippen LogP) is 11.7. The van der Waals surface area contributed by atoms with Crippen molar-refractivity contribution in [3.8, 4) is 17.1 Å². The molecule has 7 aromatic rings. The molecule has 0 spiro atoms. The first-order chi connectivity index (χ1) is 23.4. The van der Waals surface area contributed by atoms with E-state index < -0.39 is 0 Å². The van der Waals surface area contributed by atoms with Crippen LogP contribution in [0.3, 0.4) is 0 Å². The van der Waals surface area contributed by atoms with Gasteiger partial charge in [0.25, 0.3) is 0 Å². The molecule has 1 aliphatic rings. The standard InChI is InChI=1S/C21H23N2.C20H14N2O.C2H6.Ir/c1-15(2)18-11-8-12-19(16(3)4)20(18)23-14-13-22-21(23)17-9-6-5-7-10-17;1-21-13-22(17-10-4-3-9-16(17)21)18-11-6-8-15-14-7-2-5-12-19(14)23-20(15)18;1-2;/h5-9,11-16H,1-4H3;2-10,12-13H,1H3;1-2H3;/q-1;-2;;+3. The molecule has 49 heavy (non-hydrogen) atoms. The largest absolute Gasteiger partial charge is 3.00 e. The number of para-hydroxylation sites is 4. The third-order valence-corrected chi connectivity index (χ3v) is 8.54. The summed E-state index contributed by atoms with van der Waals surface area (Å²) >= 11 is 0. The Morgan fingerprint density at radius 1 is 0.714 bits per heavy atom. The van der Waals surface area contributed by atoms with Crippen molar-refractivity contribution < 1.29 is 24.5 Å². The fraction of sp³-hybridized carbons (Fsp3) is 0.209. The zero-order chi connectivity index (χ0) is 33.8. The summed E-state index contributed by atoms with van der Waals surface area (Å²) in [5, 5.41) is 2.26. The fourth-order valence-electron chi connectivity index (χ4n) is 6.30. The molecule has 0 fully saturated rings. The van der Waals surface area contributed by atoms with Gasteiger partial charge in [-0.3, -0.25) is 4.98 Å². The molecule has 8 rings (SSSR count). The Bertz CT molecular complexity index is 2100. The van der Waals surface area contributed by atoms with Gasteiger partial charge in [0.15, 0.2) is 0 Å². The van der Waals surface area contributed by atoms with E-state index in [0.717, 1.165) is 44.7 Å². The van der Waals surface area contributed by atoms with Gasteiger partial charge in [0.2, 0.25) is 0 Å². The van der Waals surface area contributed by atoms with Gasteiger partial charge in [0, 0.05) is 40.4 Å². The summed E-state index contributed by atoms with van der Waals surface area (Å²) in [4.78, 5) is 8.85. The first-order valence-electron chi connectivity index (χ1n) is 16.8. The minimum absolute atomic E-state index is 0. The number of hydrogen-bond donors (Lipinski definition) is 0. The number of aromatic nitrogens is 2. The summed E-state index contributed by atoms with van der Waals surface area (Å²) in [5.74, 6) is 1.86. The zero-order valence-corrected chi connectivity index (χ0v) is 31.6. The Morgan fingerprint density at radius 3 is 2.08 bits per heavy atom. The number of fused-ring (bicyclic) bond motifs is 4. The Balaban J connectivity index is 0.000000179. The van der Waals surface area contributed by atoms with E-state index in [4.69, 9.17) is 4.42 Å². The van der Waals surface area contributed by atoms with Gasteiger partial charge in [-0.25, -0.2) is 0 Å². The predicted molar refractivity (Wildman–Crippen MR) is 201 cm³/mol. The van der Waals surface area contributed by atoms with Gasteiger partial charge in [-0.15, -0.1) is 35.9 Å². The number of rotatable bonds is 5. The molecule has 0 radical (unpaired) electrons. The Morgan fingerprint density at radius 2 is 1.39 bits per heavy atom. The van der Waals surface area contributed by atoms with Crippen LogP contribution >= 0.6 is 0 Å². The SMILES string of the molecule is CC.CC(C)c1cccc(C(C)C)c1-n1ccnc1-c1[c-]cccc1.CN1[CH-]N(c2[c-]ccc3c2oc2ccccc23)c2ccccc21.[Ir+3]. The summed E-state index contributed by atoms with van der Waals surface area (Å²) in [5.41, 5.74) is 10.0. The van der Waals surface area contributed by atoms with Crippen LogP contribution < -0.4 is 9.80 Å². The topological polar surface area (TPSA) is 37.4 Å². The van der Waals surface area contributed by atoms with E-state index >= 15 is 0 Å². The van der Waals surface area contributed by atoms with Crippen molar-refractivity contribution in [2.24, 2.45) is 0 Å². The van der Waals surface area contributed by atoms with Crippen LogP contribution in [0.1, 0.15) is 64.5 Å². The molecular formula is C43H43IrN4O. The van der Waals surface area contributed by atoms with E-state index in [1.807, 2.05) is 62.5 Å². The number of furan rings is 1. The van der Waals surface area contributed by atoms with Crippen molar-refractivity contribution in [2.45, 2.75) is 53.4 Å². The second-order valence-corrected chi connectivity index (χ2v) is 12.2. The first kappa shape index (κ1) is 35.7. The number of nitrogens with zero attached hydrogens (tertiary/aromatic N) is 4. The summed E-state index contributed by atoms with van der Waals surface area (Å²) in [6, 6.07) is 41.8. The molecule has 0 saturated heterocycles. The van der Waals surface area contributed by atoms with Crippen LogP contribution in [0.15, 0.2) is 120 Å². The Labute approximate surface area is 304 Å². The molecule has 3 heterocycles. The maximum Gasteiger partial charge on any atom is 3.00 e. The van der Waals surface area contributed by atoms with Crippen molar-refractivity contribution in [1.29, 1.82) is 0 Å². The van der Waals surface area contributed by atoms with E-state index in [2.05, 4.69) is 140 Å².